The van der Waals surface area contributed by atoms with Gasteiger partial charge in [0.05, 0.1) is 11.7 Å². The smallest absolute Gasteiger partial charge is 0.223 e. The summed E-state index contributed by atoms with van der Waals surface area (Å²) < 4.78 is 0. The Kier molecular flexibility index (Phi) is 6.56. The molecular formula is C28H27N5O. The highest BCUT2D eigenvalue weighted by molar-refractivity contribution is 5.80. The molecule has 34 heavy (non-hydrogen) atoms. The van der Waals surface area contributed by atoms with Crippen LogP contribution in [0.4, 0.5) is 5.82 Å². The maximum atomic E-state index is 13.2. The van der Waals surface area contributed by atoms with Gasteiger partial charge in [0.15, 0.2) is 5.82 Å². The van der Waals surface area contributed by atoms with Gasteiger partial charge >= 0.3 is 0 Å². The molecule has 0 bridgehead atoms. The summed E-state index contributed by atoms with van der Waals surface area (Å²) in [4.78, 5) is 19.5. The molecule has 2 aromatic carbocycles. The van der Waals surface area contributed by atoms with Gasteiger partial charge in [-0.3, -0.25) is 9.78 Å². The first-order chi connectivity index (χ1) is 16.8. The van der Waals surface area contributed by atoms with E-state index >= 15 is 0 Å². The lowest BCUT2D eigenvalue weighted by Gasteiger charge is -2.32. The fourth-order valence-electron chi connectivity index (χ4n) is 4.45. The third-order valence-corrected chi connectivity index (χ3v) is 6.37. The highest BCUT2D eigenvalue weighted by atomic mass is 16.2. The van der Waals surface area contributed by atoms with E-state index in [-0.39, 0.29) is 17.9 Å². The fourth-order valence-corrected chi connectivity index (χ4v) is 4.45. The Hall–Kier alpha value is -4.06. The molecule has 0 unspecified atom stereocenters. The van der Waals surface area contributed by atoms with Crippen molar-refractivity contribution in [2.75, 3.05) is 18.0 Å². The number of nitrogens with zero attached hydrogens (tertiary/aromatic N) is 4. The van der Waals surface area contributed by atoms with Gasteiger partial charge < -0.3 is 10.2 Å². The molecule has 0 radical (unpaired) electrons. The average molecular weight is 450 g/mol. The van der Waals surface area contributed by atoms with Crippen LogP contribution in [0.25, 0.3) is 11.3 Å². The second-order valence-electron chi connectivity index (χ2n) is 8.54. The normalized spacial score (nSPS) is 14.2. The second-order valence-corrected chi connectivity index (χ2v) is 8.54. The molecule has 2 aromatic heterocycles. The number of carbonyl (C=O) groups excluding carboxylic acids is 1. The minimum atomic E-state index is -0.153. The molecule has 6 nitrogen and oxygen atoms in total. The maximum absolute atomic E-state index is 13.2. The molecule has 1 amide bonds. The minimum absolute atomic E-state index is 0.0183. The van der Waals surface area contributed by atoms with E-state index in [2.05, 4.69) is 49.7 Å². The Balaban J connectivity index is 1.22. The summed E-state index contributed by atoms with van der Waals surface area (Å²) in [6.07, 6.45) is 5.08. The molecule has 1 N–H and O–H groups in total. The van der Waals surface area contributed by atoms with Crippen molar-refractivity contribution in [3.05, 3.63) is 108 Å². The number of rotatable bonds is 6. The van der Waals surface area contributed by atoms with Crippen LogP contribution in [-0.4, -0.2) is 34.2 Å². The predicted octanol–water partition coefficient (Wildman–Crippen LogP) is 4.66. The number of hydrogen-bond acceptors (Lipinski definition) is 5. The molecule has 1 aliphatic heterocycles. The Labute approximate surface area is 199 Å². The number of aromatic nitrogens is 3. The quantitative estimate of drug-likeness (QED) is 0.464. The lowest BCUT2D eigenvalue weighted by Crippen LogP contribution is -2.42. The minimum Gasteiger partial charge on any atom is -0.355 e. The molecule has 0 saturated carbocycles. The third-order valence-electron chi connectivity index (χ3n) is 6.37. The summed E-state index contributed by atoms with van der Waals surface area (Å²) in [7, 11) is 0. The third kappa shape index (κ3) is 4.96. The van der Waals surface area contributed by atoms with E-state index in [4.69, 9.17) is 0 Å². The van der Waals surface area contributed by atoms with Crippen molar-refractivity contribution < 1.29 is 4.79 Å². The monoisotopic (exact) mass is 449 g/mol. The zero-order valence-corrected chi connectivity index (χ0v) is 18.9. The highest BCUT2D eigenvalue weighted by Gasteiger charge is 2.28. The van der Waals surface area contributed by atoms with Crippen molar-refractivity contribution in [1.29, 1.82) is 0 Å². The highest BCUT2D eigenvalue weighted by Crippen LogP contribution is 2.26. The van der Waals surface area contributed by atoms with Crippen molar-refractivity contribution in [3.63, 3.8) is 0 Å². The van der Waals surface area contributed by atoms with Crippen molar-refractivity contribution in [2.24, 2.45) is 5.92 Å². The van der Waals surface area contributed by atoms with Crippen LogP contribution in [0.15, 0.2) is 97.3 Å². The van der Waals surface area contributed by atoms with Crippen LogP contribution in [0.1, 0.15) is 30.0 Å². The van der Waals surface area contributed by atoms with Crippen LogP contribution in [-0.2, 0) is 4.79 Å². The average Bonchev–Trinajstić information content (AvgIpc) is 2.93. The maximum Gasteiger partial charge on any atom is 0.223 e. The van der Waals surface area contributed by atoms with Crippen molar-refractivity contribution in [1.82, 2.24) is 20.5 Å². The number of anilines is 1. The van der Waals surface area contributed by atoms with E-state index in [0.29, 0.717) is 0 Å². The number of amides is 1. The molecule has 0 aliphatic carbocycles. The molecule has 0 spiro atoms. The molecule has 4 aromatic rings. The van der Waals surface area contributed by atoms with Crippen molar-refractivity contribution in [3.8, 4) is 11.3 Å². The van der Waals surface area contributed by atoms with Gasteiger partial charge in [0.25, 0.3) is 0 Å². The number of piperidine rings is 1. The standard InChI is InChI=1S/C28H27N5O/c34-28(30-27(22-7-3-1-4-8-22)23-9-5-2-6-10-23)24-15-19-33(20-16-24)26-12-11-25(31-32-26)21-13-17-29-18-14-21/h1-14,17-18,24,27H,15-16,19-20H2,(H,30,34). The van der Waals surface area contributed by atoms with E-state index in [1.165, 1.54) is 0 Å². The molecule has 3 heterocycles. The van der Waals surface area contributed by atoms with Crippen LogP contribution in [0.2, 0.25) is 0 Å². The van der Waals surface area contributed by atoms with Crippen LogP contribution in [0, 0.1) is 5.92 Å². The first-order valence-electron chi connectivity index (χ1n) is 11.7. The Bertz CT molecular complexity index is 1150. The zero-order valence-electron chi connectivity index (χ0n) is 18.9. The first kappa shape index (κ1) is 21.8. The van der Waals surface area contributed by atoms with Crippen LogP contribution in [0.5, 0.6) is 0 Å². The molecule has 6 heteroatoms. The van der Waals surface area contributed by atoms with Gasteiger partial charge in [-0.15, -0.1) is 10.2 Å². The SMILES string of the molecule is O=C(NC(c1ccccc1)c1ccccc1)C1CCN(c2ccc(-c3ccncc3)nn2)CC1. The lowest BCUT2D eigenvalue weighted by atomic mass is 9.93. The van der Waals surface area contributed by atoms with Gasteiger partial charge in [0.2, 0.25) is 5.91 Å². The summed E-state index contributed by atoms with van der Waals surface area (Å²) in [5.74, 6) is 0.940. The van der Waals surface area contributed by atoms with Gasteiger partial charge in [0.1, 0.15) is 0 Å². The molecule has 1 fully saturated rings. The second kappa shape index (κ2) is 10.3. The van der Waals surface area contributed by atoms with Crippen LogP contribution in [0.3, 0.4) is 0 Å². The van der Waals surface area contributed by atoms with Crippen LogP contribution < -0.4 is 10.2 Å². The van der Waals surface area contributed by atoms with E-state index in [1.807, 2.05) is 60.7 Å². The van der Waals surface area contributed by atoms with Gasteiger partial charge in [-0.1, -0.05) is 60.7 Å². The summed E-state index contributed by atoms with van der Waals surface area (Å²) in [6.45, 7) is 1.56. The Morgan fingerprint density at radius 1 is 0.794 bits per heavy atom. The Morgan fingerprint density at radius 3 is 1.97 bits per heavy atom. The topological polar surface area (TPSA) is 71.0 Å². The number of nitrogens with one attached hydrogen (secondary N) is 1. The molecular weight excluding hydrogens is 422 g/mol. The first-order valence-corrected chi connectivity index (χ1v) is 11.7. The van der Waals surface area contributed by atoms with E-state index in [9.17, 15) is 4.79 Å². The number of benzene rings is 2. The largest absolute Gasteiger partial charge is 0.355 e. The zero-order chi connectivity index (χ0) is 23.2. The molecule has 5 rings (SSSR count). The Morgan fingerprint density at radius 2 is 1.41 bits per heavy atom. The van der Waals surface area contributed by atoms with Gasteiger partial charge in [-0.25, -0.2) is 0 Å². The molecule has 170 valence electrons. The lowest BCUT2D eigenvalue weighted by molar-refractivity contribution is -0.126. The van der Waals surface area contributed by atoms with Gasteiger partial charge in [0, 0.05) is 37.0 Å². The molecule has 1 aliphatic rings. The summed E-state index contributed by atoms with van der Waals surface area (Å²) in [5, 5.41) is 12.1. The predicted molar refractivity (Wildman–Crippen MR) is 133 cm³/mol. The summed E-state index contributed by atoms with van der Waals surface area (Å²) in [6, 6.07) is 28.0. The summed E-state index contributed by atoms with van der Waals surface area (Å²) in [5.41, 5.74) is 4.00. The molecule has 0 atom stereocenters. The summed E-state index contributed by atoms with van der Waals surface area (Å²) >= 11 is 0. The van der Waals surface area contributed by atoms with E-state index in [1.54, 1.807) is 12.4 Å². The van der Waals surface area contributed by atoms with E-state index < -0.39 is 0 Å². The van der Waals surface area contributed by atoms with Gasteiger partial charge in [-0.05, 0) is 48.2 Å². The van der Waals surface area contributed by atoms with Gasteiger partial charge in [-0.2, -0.15) is 0 Å². The van der Waals surface area contributed by atoms with Crippen molar-refractivity contribution >= 4 is 11.7 Å². The van der Waals surface area contributed by atoms with E-state index in [0.717, 1.165) is 54.1 Å². The fraction of sp³-hybridized carbons (Fsp3) is 0.214. The van der Waals surface area contributed by atoms with Crippen LogP contribution >= 0.6 is 0 Å². The number of hydrogen-bond donors (Lipinski definition) is 1. The molecule has 1 saturated heterocycles. The van der Waals surface area contributed by atoms with Crippen molar-refractivity contribution in [2.45, 2.75) is 18.9 Å². The number of carbonyl (C=O) groups is 1. The number of pyridine rings is 1.